The predicted octanol–water partition coefficient (Wildman–Crippen LogP) is 1.89. The van der Waals surface area contributed by atoms with Gasteiger partial charge in [0.25, 0.3) is 5.91 Å². The Morgan fingerprint density at radius 2 is 1.93 bits per heavy atom. The summed E-state index contributed by atoms with van der Waals surface area (Å²) >= 11 is 0. The van der Waals surface area contributed by atoms with E-state index in [0.29, 0.717) is 36.2 Å². The molecule has 4 heterocycles. The number of amides is 1. The molecule has 1 fully saturated rings. The minimum atomic E-state index is -0.593. The molecule has 5 rings (SSSR count). The van der Waals surface area contributed by atoms with Crippen molar-refractivity contribution >= 4 is 17.1 Å². The van der Waals surface area contributed by atoms with Crippen molar-refractivity contribution in [3.8, 4) is 5.69 Å². The fraction of sp³-hybridized carbons (Fsp3) is 0.227. The number of aliphatic hydroxyl groups is 1. The fourth-order valence-corrected chi connectivity index (χ4v) is 3.90. The van der Waals surface area contributed by atoms with E-state index in [9.17, 15) is 9.90 Å². The van der Waals surface area contributed by atoms with E-state index in [2.05, 4.69) is 19.9 Å². The number of hydrogen-bond donors (Lipinski definition) is 1. The Bertz CT molecular complexity index is 1180. The monoisotopic (exact) mass is 400 g/mol. The number of carbonyl (C=O) groups is 1. The van der Waals surface area contributed by atoms with Crippen molar-refractivity contribution in [3.63, 3.8) is 0 Å². The van der Waals surface area contributed by atoms with Crippen molar-refractivity contribution in [2.24, 2.45) is 5.92 Å². The van der Waals surface area contributed by atoms with Gasteiger partial charge in [-0.05, 0) is 24.6 Å². The van der Waals surface area contributed by atoms with Gasteiger partial charge < -0.3 is 10.0 Å². The molecule has 30 heavy (non-hydrogen) atoms. The van der Waals surface area contributed by atoms with E-state index in [4.69, 9.17) is 0 Å². The molecule has 0 radical (unpaired) electrons. The summed E-state index contributed by atoms with van der Waals surface area (Å²) in [7, 11) is 0. The Hall–Kier alpha value is -3.65. The van der Waals surface area contributed by atoms with Gasteiger partial charge in [-0.1, -0.05) is 18.2 Å². The molecule has 4 aromatic rings. The van der Waals surface area contributed by atoms with Crippen molar-refractivity contribution < 1.29 is 9.90 Å². The van der Waals surface area contributed by atoms with E-state index < -0.39 is 6.10 Å². The topological polar surface area (TPSA) is 97.0 Å². The molecular weight excluding hydrogens is 380 g/mol. The van der Waals surface area contributed by atoms with E-state index in [0.717, 1.165) is 11.4 Å². The maximum Gasteiger partial charge on any atom is 0.255 e. The van der Waals surface area contributed by atoms with E-state index in [1.165, 1.54) is 0 Å². The number of β-amino-alcohol motifs (C(OH)–C–C–N with tert-alkyl or cyclic N) is 1. The maximum atomic E-state index is 13.0. The van der Waals surface area contributed by atoms with E-state index in [1.807, 2.05) is 34.9 Å². The molecule has 1 aromatic carbocycles. The molecule has 8 heteroatoms. The first kappa shape index (κ1) is 18.4. The smallest absolute Gasteiger partial charge is 0.255 e. The Morgan fingerprint density at radius 1 is 1.07 bits per heavy atom. The van der Waals surface area contributed by atoms with Crippen LogP contribution in [0.5, 0.6) is 0 Å². The maximum absolute atomic E-state index is 13.0. The second-order valence-corrected chi connectivity index (χ2v) is 7.46. The molecular formula is C22H20N6O2. The second-order valence-electron chi connectivity index (χ2n) is 7.46. The molecule has 1 saturated heterocycles. The molecule has 1 aliphatic heterocycles. The van der Waals surface area contributed by atoms with Gasteiger partial charge in [-0.3, -0.25) is 19.3 Å². The third kappa shape index (κ3) is 3.42. The van der Waals surface area contributed by atoms with Crippen molar-refractivity contribution in [3.05, 3.63) is 78.8 Å². The van der Waals surface area contributed by atoms with Gasteiger partial charge in [0.15, 0.2) is 5.65 Å². The molecule has 0 unspecified atom stereocenters. The summed E-state index contributed by atoms with van der Waals surface area (Å²) in [6.45, 7) is 0.757. The van der Waals surface area contributed by atoms with Crippen molar-refractivity contribution in [1.82, 2.24) is 29.4 Å². The van der Waals surface area contributed by atoms with E-state index in [-0.39, 0.29) is 11.8 Å². The molecule has 150 valence electrons. The number of rotatable bonds is 4. The van der Waals surface area contributed by atoms with E-state index >= 15 is 0 Å². The Balaban J connectivity index is 1.35. The van der Waals surface area contributed by atoms with Crippen molar-refractivity contribution in [2.45, 2.75) is 12.5 Å². The summed E-state index contributed by atoms with van der Waals surface area (Å²) in [5.74, 6) is -0.223. The Kier molecular flexibility index (Phi) is 4.68. The third-order valence-corrected chi connectivity index (χ3v) is 5.45. The highest BCUT2D eigenvalue weighted by Gasteiger charge is 2.35. The molecule has 1 aliphatic rings. The SMILES string of the molecule is O=C(c1cnc2c(c1)ncn2-c1ccccc1)N1C[C@@H](Cc2cnccn2)[C@H](O)C1. The van der Waals surface area contributed by atoms with Crippen LogP contribution in [0.1, 0.15) is 16.1 Å². The summed E-state index contributed by atoms with van der Waals surface area (Å²) in [5.41, 5.74) is 3.58. The first-order valence-electron chi connectivity index (χ1n) is 9.80. The summed E-state index contributed by atoms with van der Waals surface area (Å²) in [6.07, 6.45) is 8.22. The number of para-hydroxylation sites is 1. The highest BCUT2D eigenvalue weighted by atomic mass is 16.3. The quantitative estimate of drug-likeness (QED) is 0.562. The minimum absolute atomic E-state index is 0.0698. The number of fused-ring (bicyclic) bond motifs is 1. The van der Waals surface area contributed by atoms with Gasteiger partial charge >= 0.3 is 0 Å². The number of pyridine rings is 1. The lowest BCUT2D eigenvalue weighted by molar-refractivity contribution is 0.0764. The number of benzene rings is 1. The zero-order valence-electron chi connectivity index (χ0n) is 16.2. The largest absolute Gasteiger partial charge is 0.391 e. The van der Waals surface area contributed by atoms with Gasteiger partial charge in [-0.15, -0.1) is 0 Å². The molecule has 0 aliphatic carbocycles. The first-order valence-corrected chi connectivity index (χ1v) is 9.80. The summed E-state index contributed by atoms with van der Waals surface area (Å²) < 4.78 is 1.89. The summed E-state index contributed by atoms with van der Waals surface area (Å²) in [6, 6.07) is 11.6. The standard InChI is InChI=1S/C22H20N6O2/c29-20-13-27(12-16(20)8-17-11-23-6-7-24-17)22(30)15-9-19-21(25-10-15)28(14-26-19)18-4-2-1-3-5-18/h1-7,9-11,14,16,20,29H,8,12-13H2/t16-,20-/m1/s1. The molecule has 1 N–H and O–H groups in total. The zero-order chi connectivity index (χ0) is 20.5. The van der Waals surface area contributed by atoms with Gasteiger partial charge in [-0.25, -0.2) is 9.97 Å². The molecule has 0 spiro atoms. The number of aliphatic hydroxyl groups excluding tert-OH is 1. The van der Waals surface area contributed by atoms with Gasteiger partial charge in [0, 0.05) is 49.5 Å². The zero-order valence-corrected chi connectivity index (χ0v) is 16.2. The van der Waals surface area contributed by atoms with Crippen LogP contribution in [-0.4, -0.2) is 59.6 Å². The number of nitrogens with zero attached hydrogens (tertiary/aromatic N) is 6. The molecule has 3 aromatic heterocycles. The minimum Gasteiger partial charge on any atom is -0.391 e. The average Bonchev–Trinajstić information content (AvgIpc) is 3.38. The van der Waals surface area contributed by atoms with Gasteiger partial charge in [0.1, 0.15) is 11.8 Å². The number of aromatic nitrogens is 5. The van der Waals surface area contributed by atoms with Crippen LogP contribution in [0.3, 0.4) is 0 Å². The molecule has 0 saturated carbocycles. The first-order chi connectivity index (χ1) is 14.7. The lowest BCUT2D eigenvalue weighted by Gasteiger charge is -2.16. The average molecular weight is 400 g/mol. The molecule has 2 atom stereocenters. The highest BCUT2D eigenvalue weighted by Crippen LogP contribution is 2.23. The van der Waals surface area contributed by atoms with Crippen LogP contribution in [0.2, 0.25) is 0 Å². The number of carbonyl (C=O) groups excluding carboxylic acids is 1. The van der Waals surface area contributed by atoms with Crippen molar-refractivity contribution in [1.29, 1.82) is 0 Å². The fourth-order valence-electron chi connectivity index (χ4n) is 3.90. The van der Waals surface area contributed by atoms with Gasteiger partial charge in [-0.2, -0.15) is 0 Å². The van der Waals surface area contributed by atoms with Crippen LogP contribution >= 0.6 is 0 Å². The van der Waals surface area contributed by atoms with Crippen LogP contribution in [0.4, 0.5) is 0 Å². The predicted molar refractivity (Wildman–Crippen MR) is 110 cm³/mol. The third-order valence-electron chi connectivity index (χ3n) is 5.45. The van der Waals surface area contributed by atoms with Crippen molar-refractivity contribution in [2.75, 3.05) is 13.1 Å². The van der Waals surface area contributed by atoms with Crippen LogP contribution in [-0.2, 0) is 6.42 Å². The highest BCUT2D eigenvalue weighted by molar-refractivity contribution is 5.96. The lowest BCUT2D eigenvalue weighted by atomic mass is 10.0. The van der Waals surface area contributed by atoms with E-state index in [1.54, 1.807) is 42.1 Å². The Morgan fingerprint density at radius 3 is 2.73 bits per heavy atom. The number of hydrogen-bond acceptors (Lipinski definition) is 6. The molecule has 0 bridgehead atoms. The Labute approximate surface area is 172 Å². The van der Waals surface area contributed by atoms with Crippen LogP contribution in [0.15, 0.2) is 67.5 Å². The molecule has 1 amide bonds. The van der Waals surface area contributed by atoms with Crippen LogP contribution < -0.4 is 0 Å². The van der Waals surface area contributed by atoms with Gasteiger partial charge in [0.05, 0.1) is 17.4 Å². The van der Waals surface area contributed by atoms with Gasteiger partial charge in [0.2, 0.25) is 0 Å². The molecule has 8 nitrogen and oxygen atoms in total. The number of imidazole rings is 1. The second kappa shape index (κ2) is 7.64. The number of likely N-dealkylation sites (tertiary alicyclic amines) is 1. The summed E-state index contributed by atoms with van der Waals surface area (Å²) in [4.78, 5) is 31.9. The normalized spacial score (nSPS) is 18.8. The van der Waals surface area contributed by atoms with Crippen LogP contribution in [0.25, 0.3) is 16.9 Å². The summed E-state index contributed by atoms with van der Waals surface area (Å²) in [5, 5.41) is 10.4. The lowest BCUT2D eigenvalue weighted by Crippen LogP contribution is -2.29. The van der Waals surface area contributed by atoms with Crippen LogP contribution in [0, 0.1) is 5.92 Å².